The van der Waals surface area contributed by atoms with Gasteiger partial charge in [-0.15, -0.1) is 24.0 Å². The third-order valence-electron chi connectivity index (χ3n) is 3.63. The molecule has 24 heavy (non-hydrogen) atoms. The number of nitrogens with one attached hydrogen (secondary N) is 1. The molecule has 0 saturated heterocycles. The predicted molar refractivity (Wildman–Crippen MR) is 114 cm³/mol. The maximum atomic E-state index is 11.4. The monoisotopic (exact) mass is 457 g/mol. The zero-order valence-corrected chi connectivity index (χ0v) is 17.3. The van der Waals surface area contributed by atoms with Gasteiger partial charge in [-0.3, -0.25) is 4.21 Å². The van der Waals surface area contributed by atoms with E-state index in [2.05, 4.69) is 29.4 Å². The molecule has 2 aromatic rings. The van der Waals surface area contributed by atoms with E-state index in [1.165, 1.54) is 5.56 Å². The lowest BCUT2D eigenvalue weighted by Gasteiger charge is -2.11. The van der Waals surface area contributed by atoms with Gasteiger partial charge in [-0.05, 0) is 48.7 Å². The van der Waals surface area contributed by atoms with Crippen molar-refractivity contribution in [1.29, 1.82) is 0 Å². The van der Waals surface area contributed by atoms with Crippen LogP contribution in [0.25, 0.3) is 0 Å². The first-order valence-corrected chi connectivity index (χ1v) is 9.18. The van der Waals surface area contributed by atoms with Crippen LogP contribution >= 0.6 is 24.0 Å². The summed E-state index contributed by atoms with van der Waals surface area (Å²) in [6.07, 6.45) is 2.65. The van der Waals surface area contributed by atoms with Gasteiger partial charge in [0, 0.05) is 27.6 Å². The Morgan fingerprint density at radius 2 is 1.92 bits per heavy atom. The summed E-state index contributed by atoms with van der Waals surface area (Å²) in [5.41, 5.74) is 9.23. The summed E-state index contributed by atoms with van der Waals surface area (Å²) in [5.74, 6) is 0.383. The molecule has 0 radical (unpaired) electrons. The van der Waals surface area contributed by atoms with Gasteiger partial charge in [0.2, 0.25) is 0 Å². The average Bonchev–Trinajstić information content (AvgIpc) is 2.54. The molecule has 0 amide bonds. The van der Waals surface area contributed by atoms with Crippen molar-refractivity contribution in [3.05, 3.63) is 59.7 Å². The van der Waals surface area contributed by atoms with Crippen LogP contribution in [0.1, 0.15) is 31.0 Å². The van der Waals surface area contributed by atoms with E-state index in [4.69, 9.17) is 5.73 Å². The molecular formula is C18H24IN3OS. The number of aryl methyl sites for hydroxylation is 1. The lowest BCUT2D eigenvalue weighted by Crippen LogP contribution is -2.23. The Morgan fingerprint density at radius 1 is 1.25 bits per heavy atom. The third kappa shape index (κ3) is 5.90. The average molecular weight is 457 g/mol. The van der Waals surface area contributed by atoms with Gasteiger partial charge in [0.1, 0.15) is 0 Å². The SMILES string of the molecule is CCc1cccc(NC(N)=NC(C)c2ccc(S(C)=O)cc2)c1.I. The van der Waals surface area contributed by atoms with Crippen LogP contribution < -0.4 is 11.1 Å². The van der Waals surface area contributed by atoms with Gasteiger partial charge in [0.05, 0.1) is 6.04 Å². The highest BCUT2D eigenvalue weighted by molar-refractivity contribution is 14.0. The van der Waals surface area contributed by atoms with E-state index in [0.29, 0.717) is 5.96 Å². The van der Waals surface area contributed by atoms with E-state index in [1.807, 2.05) is 43.3 Å². The maximum Gasteiger partial charge on any atom is 0.193 e. The van der Waals surface area contributed by atoms with Crippen molar-refractivity contribution in [3.63, 3.8) is 0 Å². The fraction of sp³-hybridized carbons (Fsp3) is 0.278. The Hall–Kier alpha value is -1.41. The predicted octanol–water partition coefficient (Wildman–Crippen LogP) is 4.09. The number of anilines is 1. The minimum atomic E-state index is -0.964. The second-order valence-corrected chi connectivity index (χ2v) is 6.77. The highest BCUT2D eigenvalue weighted by Crippen LogP contribution is 2.19. The van der Waals surface area contributed by atoms with Gasteiger partial charge in [-0.1, -0.05) is 31.2 Å². The fourth-order valence-electron chi connectivity index (χ4n) is 2.27. The normalized spacial score (nSPS) is 13.7. The first-order valence-electron chi connectivity index (χ1n) is 7.62. The first kappa shape index (κ1) is 20.6. The number of guanidine groups is 1. The Morgan fingerprint density at radius 3 is 2.50 bits per heavy atom. The summed E-state index contributed by atoms with van der Waals surface area (Å²) in [4.78, 5) is 5.29. The highest BCUT2D eigenvalue weighted by atomic mass is 127. The van der Waals surface area contributed by atoms with E-state index in [1.54, 1.807) is 6.26 Å². The second-order valence-electron chi connectivity index (χ2n) is 5.39. The minimum Gasteiger partial charge on any atom is -0.370 e. The number of hydrogen-bond acceptors (Lipinski definition) is 2. The molecule has 0 fully saturated rings. The largest absolute Gasteiger partial charge is 0.370 e. The van der Waals surface area contributed by atoms with Crippen molar-refractivity contribution in [2.45, 2.75) is 31.2 Å². The standard InChI is InChI=1S/C18H23N3OS.HI/c1-4-14-6-5-7-16(12-14)21-18(19)20-13(2)15-8-10-17(11-9-15)23(3)22;/h5-13H,4H2,1-3H3,(H3,19,20,21);1H. The molecule has 0 spiro atoms. The molecule has 6 heteroatoms. The molecular weight excluding hydrogens is 433 g/mol. The van der Waals surface area contributed by atoms with Gasteiger partial charge in [0.15, 0.2) is 5.96 Å². The number of hydrogen-bond donors (Lipinski definition) is 2. The van der Waals surface area contributed by atoms with Gasteiger partial charge >= 0.3 is 0 Å². The van der Waals surface area contributed by atoms with Gasteiger partial charge in [0.25, 0.3) is 0 Å². The van der Waals surface area contributed by atoms with Crippen molar-refractivity contribution in [2.75, 3.05) is 11.6 Å². The summed E-state index contributed by atoms with van der Waals surface area (Å²) in [7, 11) is -0.964. The summed E-state index contributed by atoms with van der Waals surface area (Å²) in [6.45, 7) is 4.10. The molecule has 4 nitrogen and oxygen atoms in total. The van der Waals surface area contributed by atoms with E-state index < -0.39 is 10.8 Å². The van der Waals surface area contributed by atoms with E-state index in [-0.39, 0.29) is 30.0 Å². The number of nitrogens with zero attached hydrogens (tertiary/aromatic N) is 1. The molecule has 3 N–H and O–H groups in total. The highest BCUT2D eigenvalue weighted by Gasteiger charge is 2.06. The Bertz CT molecular complexity index is 716. The number of aliphatic imine (C=N–C) groups is 1. The molecule has 2 rings (SSSR count). The summed E-state index contributed by atoms with van der Waals surface area (Å²) >= 11 is 0. The third-order valence-corrected chi connectivity index (χ3v) is 4.57. The number of benzene rings is 2. The molecule has 0 aliphatic carbocycles. The van der Waals surface area contributed by atoms with Crippen molar-refractivity contribution >= 4 is 46.4 Å². The number of nitrogens with two attached hydrogens (primary N) is 1. The molecule has 0 bridgehead atoms. The molecule has 2 atom stereocenters. The molecule has 2 aromatic carbocycles. The maximum absolute atomic E-state index is 11.4. The lowest BCUT2D eigenvalue weighted by atomic mass is 10.1. The quantitative estimate of drug-likeness (QED) is 0.404. The van der Waals surface area contributed by atoms with Crippen LogP contribution in [-0.4, -0.2) is 16.4 Å². The van der Waals surface area contributed by atoms with Crippen LogP contribution in [0.3, 0.4) is 0 Å². The second kappa shape index (κ2) is 9.78. The van der Waals surface area contributed by atoms with Crippen LogP contribution in [0.5, 0.6) is 0 Å². The van der Waals surface area contributed by atoms with E-state index in [9.17, 15) is 4.21 Å². The molecule has 0 aliphatic rings. The van der Waals surface area contributed by atoms with Crippen molar-refractivity contribution in [2.24, 2.45) is 10.7 Å². The first-order chi connectivity index (χ1) is 11.0. The van der Waals surface area contributed by atoms with Crippen molar-refractivity contribution in [3.8, 4) is 0 Å². The summed E-state index contributed by atoms with van der Waals surface area (Å²) in [5, 5.41) is 3.13. The molecule has 2 unspecified atom stereocenters. The van der Waals surface area contributed by atoms with Crippen molar-refractivity contribution < 1.29 is 4.21 Å². The van der Waals surface area contributed by atoms with Crippen molar-refractivity contribution in [1.82, 2.24) is 0 Å². The Labute approximate surface area is 163 Å². The fourth-order valence-corrected chi connectivity index (χ4v) is 2.79. The van der Waals surface area contributed by atoms with E-state index >= 15 is 0 Å². The topological polar surface area (TPSA) is 67.5 Å². The van der Waals surface area contributed by atoms with Crippen LogP contribution in [0.15, 0.2) is 58.4 Å². The summed E-state index contributed by atoms with van der Waals surface area (Å²) < 4.78 is 11.4. The molecule has 0 aliphatic heterocycles. The zero-order chi connectivity index (χ0) is 16.8. The van der Waals surface area contributed by atoms with Crippen LogP contribution in [-0.2, 0) is 17.2 Å². The van der Waals surface area contributed by atoms with Gasteiger partial charge < -0.3 is 11.1 Å². The number of rotatable bonds is 5. The smallest absolute Gasteiger partial charge is 0.193 e. The minimum absolute atomic E-state index is 0. The van der Waals surface area contributed by atoms with Crippen LogP contribution in [0.4, 0.5) is 5.69 Å². The zero-order valence-electron chi connectivity index (χ0n) is 14.2. The van der Waals surface area contributed by atoms with Crippen LogP contribution in [0, 0.1) is 0 Å². The Kier molecular flexibility index (Phi) is 8.41. The van der Waals surface area contributed by atoms with E-state index in [0.717, 1.165) is 22.6 Å². The van der Waals surface area contributed by atoms with Crippen LogP contribution in [0.2, 0.25) is 0 Å². The van der Waals surface area contributed by atoms with Gasteiger partial charge in [-0.25, -0.2) is 4.99 Å². The molecule has 130 valence electrons. The lowest BCUT2D eigenvalue weighted by molar-refractivity contribution is 0.686. The molecule has 0 saturated carbocycles. The number of halogens is 1. The Balaban J connectivity index is 0.00000288. The molecule has 0 heterocycles. The van der Waals surface area contributed by atoms with Gasteiger partial charge in [-0.2, -0.15) is 0 Å². The molecule has 0 aromatic heterocycles. The summed E-state index contributed by atoms with van der Waals surface area (Å²) in [6, 6.07) is 15.7.